The number of rotatable bonds is 5. The number of fused-ring (bicyclic) bond motifs is 2. The fourth-order valence-corrected chi connectivity index (χ4v) is 4.84. The van der Waals surface area contributed by atoms with Crippen LogP contribution in [0.15, 0.2) is 30.3 Å². The Labute approximate surface area is 140 Å². The molecule has 5 unspecified atom stereocenters. The van der Waals surface area contributed by atoms with E-state index in [1.807, 2.05) is 13.8 Å². The Morgan fingerprint density at radius 1 is 1.22 bits per heavy atom. The van der Waals surface area contributed by atoms with E-state index in [4.69, 9.17) is 5.73 Å². The van der Waals surface area contributed by atoms with E-state index in [2.05, 4.69) is 42.2 Å². The highest BCUT2D eigenvalue weighted by molar-refractivity contribution is 5.82. The number of hydrogen-bond donors (Lipinski definition) is 1. The fraction of sp³-hybridized carbons (Fsp3) is 0.650. The zero-order chi connectivity index (χ0) is 16.6. The molecule has 2 fully saturated rings. The van der Waals surface area contributed by atoms with Crippen molar-refractivity contribution in [2.24, 2.45) is 23.5 Å². The topological polar surface area (TPSA) is 46.3 Å². The van der Waals surface area contributed by atoms with Crippen molar-refractivity contribution in [2.75, 3.05) is 6.54 Å². The number of carbonyl (C=O) groups excluding carboxylic acids is 1. The number of nitrogens with two attached hydrogens (primary N) is 1. The minimum absolute atomic E-state index is 0.140. The highest BCUT2D eigenvalue weighted by Crippen LogP contribution is 2.54. The van der Waals surface area contributed by atoms with Crippen LogP contribution < -0.4 is 5.73 Å². The molecule has 0 heterocycles. The monoisotopic (exact) mass is 314 g/mol. The summed E-state index contributed by atoms with van der Waals surface area (Å²) in [4.78, 5) is 15.1. The molecule has 2 bridgehead atoms. The van der Waals surface area contributed by atoms with Gasteiger partial charge < -0.3 is 10.6 Å². The quantitative estimate of drug-likeness (QED) is 0.905. The molecule has 1 aromatic rings. The van der Waals surface area contributed by atoms with Gasteiger partial charge in [-0.25, -0.2) is 0 Å². The van der Waals surface area contributed by atoms with Crippen LogP contribution in [0.4, 0.5) is 0 Å². The van der Waals surface area contributed by atoms with Gasteiger partial charge in [-0.1, -0.05) is 44.2 Å². The molecule has 1 aromatic carbocycles. The fourth-order valence-electron chi connectivity index (χ4n) is 4.84. The lowest BCUT2D eigenvalue weighted by atomic mass is 9.78. The highest BCUT2D eigenvalue weighted by atomic mass is 16.2. The Kier molecular flexibility index (Phi) is 4.77. The number of hydrogen-bond acceptors (Lipinski definition) is 2. The van der Waals surface area contributed by atoms with Crippen LogP contribution in [0, 0.1) is 17.8 Å². The van der Waals surface area contributed by atoms with Crippen LogP contribution in [0.1, 0.15) is 51.5 Å². The summed E-state index contributed by atoms with van der Waals surface area (Å²) < 4.78 is 0. The Morgan fingerprint density at radius 3 is 2.48 bits per heavy atom. The zero-order valence-corrected chi connectivity index (χ0v) is 14.6. The van der Waals surface area contributed by atoms with Crippen molar-refractivity contribution in [3.05, 3.63) is 35.9 Å². The van der Waals surface area contributed by atoms with E-state index in [0.29, 0.717) is 17.9 Å². The smallest absolute Gasteiger partial charge is 0.240 e. The summed E-state index contributed by atoms with van der Waals surface area (Å²) in [6, 6.07) is 10.7. The van der Waals surface area contributed by atoms with E-state index in [-0.39, 0.29) is 17.9 Å². The minimum Gasteiger partial charge on any atom is -0.338 e. The molecule has 2 N–H and O–H groups in total. The molecule has 3 nitrogen and oxygen atoms in total. The summed E-state index contributed by atoms with van der Waals surface area (Å²) in [5.41, 5.74) is 7.59. The van der Waals surface area contributed by atoms with Gasteiger partial charge in [0.25, 0.3) is 0 Å². The number of amides is 1. The molecule has 0 radical (unpaired) electrons. The van der Waals surface area contributed by atoms with Gasteiger partial charge >= 0.3 is 0 Å². The Balaban J connectivity index is 1.90. The normalized spacial score (nSPS) is 30.7. The first-order valence-electron chi connectivity index (χ1n) is 9.15. The van der Waals surface area contributed by atoms with Crippen LogP contribution in [-0.2, 0) is 4.79 Å². The number of nitrogens with zero attached hydrogens (tertiary/aromatic N) is 1. The van der Waals surface area contributed by atoms with Crippen LogP contribution in [0.25, 0.3) is 0 Å². The summed E-state index contributed by atoms with van der Waals surface area (Å²) in [5.74, 6) is 2.18. The SMILES string of the molecule is CCN(C(=O)C(N)C(C)C)C1C2CCC(C2)C1c1ccccc1. The van der Waals surface area contributed by atoms with E-state index in [9.17, 15) is 4.79 Å². The number of carbonyl (C=O) groups is 1. The molecular weight excluding hydrogens is 284 g/mol. The second kappa shape index (κ2) is 6.64. The second-order valence-corrected chi connectivity index (χ2v) is 7.65. The van der Waals surface area contributed by atoms with Gasteiger partial charge in [-0.2, -0.15) is 0 Å². The molecule has 3 rings (SSSR count). The average molecular weight is 314 g/mol. The lowest BCUT2D eigenvalue weighted by Crippen LogP contribution is -2.53. The molecule has 0 spiro atoms. The predicted molar refractivity (Wildman–Crippen MR) is 94.0 cm³/mol. The molecule has 3 heteroatoms. The first-order valence-corrected chi connectivity index (χ1v) is 9.15. The zero-order valence-electron chi connectivity index (χ0n) is 14.6. The molecular formula is C20H30N2O. The summed E-state index contributed by atoms with van der Waals surface area (Å²) in [6.45, 7) is 6.92. The third-order valence-electron chi connectivity index (χ3n) is 6.04. The maximum Gasteiger partial charge on any atom is 0.240 e. The van der Waals surface area contributed by atoms with Gasteiger partial charge in [0, 0.05) is 18.5 Å². The van der Waals surface area contributed by atoms with Gasteiger partial charge in [0.2, 0.25) is 5.91 Å². The van der Waals surface area contributed by atoms with E-state index in [0.717, 1.165) is 12.5 Å². The molecule has 0 aromatic heterocycles. The van der Waals surface area contributed by atoms with Crippen molar-refractivity contribution in [3.8, 4) is 0 Å². The lowest BCUT2D eigenvalue weighted by molar-refractivity contribution is -0.137. The highest BCUT2D eigenvalue weighted by Gasteiger charge is 2.51. The van der Waals surface area contributed by atoms with E-state index < -0.39 is 0 Å². The molecule has 126 valence electrons. The van der Waals surface area contributed by atoms with Crippen molar-refractivity contribution in [1.29, 1.82) is 0 Å². The van der Waals surface area contributed by atoms with Gasteiger partial charge in [0.05, 0.1) is 6.04 Å². The molecule has 5 atom stereocenters. The summed E-state index contributed by atoms with van der Waals surface area (Å²) >= 11 is 0. The Bertz CT molecular complexity index is 542. The van der Waals surface area contributed by atoms with Gasteiger partial charge in [0.15, 0.2) is 0 Å². The largest absolute Gasteiger partial charge is 0.338 e. The van der Waals surface area contributed by atoms with Crippen LogP contribution in [0.5, 0.6) is 0 Å². The first kappa shape index (κ1) is 16.5. The Hall–Kier alpha value is -1.35. The second-order valence-electron chi connectivity index (χ2n) is 7.65. The third kappa shape index (κ3) is 2.91. The van der Waals surface area contributed by atoms with Crippen LogP contribution in [0.2, 0.25) is 0 Å². The third-order valence-corrected chi connectivity index (χ3v) is 6.04. The van der Waals surface area contributed by atoms with Gasteiger partial charge in [-0.3, -0.25) is 4.79 Å². The lowest BCUT2D eigenvalue weighted by Gasteiger charge is -2.41. The average Bonchev–Trinajstić information content (AvgIpc) is 3.17. The number of likely N-dealkylation sites (N-methyl/N-ethyl adjacent to an activating group) is 1. The summed E-state index contributed by atoms with van der Waals surface area (Å²) in [7, 11) is 0. The summed E-state index contributed by atoms with van der Waals surface area (Å²) in [5, 5.41) is 0. The molecule has 0 aliphatic heterocycles. The standard InChI is InChI=1S/C20H30N2O/c1-4-22(20(23)18(21)13(2)3)19-16-11-10-15(12-16)17(19)14-8-6-5-7-9-14/h5-9,13,15-19H,4,10-12,21H2,1-3H3. The molecule has 23 heavy (non-hydrogen) atoms. The van der Waals surface area contributed by atoms with Gasteiger partial charge in [-0.05, 0) is 49.5 Å². The van der Waals surface area contributed by atoms with Crippen LogP contribution >= 0.6 is 0 Å². The molecule has 1 amide bonds. The van der Waals surface area contributed by atoms with Crippen molar-refractivity contribution < 1.29 is 4.79 Å². The maximum absolute atomic E-state index is 13.0. The van der Waals surface area contributed by atoms with Crippen molar-refractivity contribution in [2.45, 2.75) is 58.0 Å². The minimum atomic E-state index is -0.384. The van der Waals surface area contributed by atoms with Crippen molar-refractivity contribution in [3.63, 3.8) is 0 Å². The maximum atomic E-state index is 13.0. The van der Waals surface area contributed by atoms with Crippen molar-refractivity contribution >= 4 is 5.91 Å². The first-order chi connectivity index (χ1) is 11.0. The summed E-state index contributed by atoms with van der Waals surface area (Å²) in [6.07, 6.45) is 3.84. The molecule has 2 aliphatic rings. The van der Waals surface area contributed by atoms with E-state index in [1.165, 1.54) is 24.8 Å². The number of benzene rings is 1. The van der Waals surface area contributed by atoms with Gasteiger partial charge in [-0.15, -0.1) is 0 Å². The molecule has 2 aliphatic carbocycles. The van der Waals surface area contributed by atoms with E-state index >= 15 is 0 Å². The van der Waals surface area contributed by atoms with E-state index in [1.54, 1.807) is 0 Å². The Morgan fingerprint density at radius 2 is 1.87 bits per heavy atom. The molecule has 2 saturated carbocycles. The van der Waals surface area contributed by atoms with Crippen molar-refractivity contribution in [1.82, 2.24) is 4.90 Å². The van der Waals surface area contributed by atoms with Crippen LogP contribution in [0.3, 0.4) is 0 Å². The van der Waals surface area contributed by atoms with Gasteiger partial charge in [0.1, 0.15) is 0 Å². The van der Waals surface area contributed by atoms with Crippen LogP contribution in [-0.4, -0.2) is 29.4 Å². The molecule has 0 saturated heterocycles. The predicted octanol–water partition coefficient (Wildman–Crippen LogP) is 3.40.